The highest BCUT2D eigenvalue weighted by Gasteiger charge is 2.14. The van der Waals surface area contributed by atoms with E-state index >= 15 is 0 Å². The Labute approximate surface area is 125 Å². The molecule has 2 rings (SSSR count). The van der Waals surface area contributed by atoms with E-state index in [9.17, 15) is 0 Å². The van der Waals surface area contributed by atoms with Gasteiger partial charge < -0.3 is 4.42 Å². The molecule has 0 aliphatic heterocycles. The lowest BCUT2D eigenvalue weighted by Gasteiger charge is -2.09. The number of halogens is 2. The van der Waals surface area contributed by atoms with Crippen LogP contribution in [0.25, 0.3) is 0 Å². The Hall–Kier alpha value is -0.540. The molecule has 3 heteroatoms. The molecule has 0 aliphatic carbocycles. The van der Waals surface area contributed by atoms with Crippen LogP contribution in [0.5, 0.6) is 0 Å². The van der Waals surface area contributed by atoms with Gasteiger partial charge in [-0.25, -0.2) is 0 Å². The van der Waals surface area contributed by atoms with Crippen LogP contribution in [0.3, 0.4) is 0 Å². The fourth-order valence-corrected chi connectivity index (χ4v) is 2.79. The Morgan fingerprint density at radius 3 is 2.22 bits per heavy atom. The van der Waals surface area contributed by atoms with Crippen LogP contribution in [0.15, 0.2) is 45.5 Å². The number of hydrogen-bond donors (Lipinski definition) is 0. The van der Waals surface area contributed by atoms with Crippen molar-refractivity contribution in [2.24, 2.45) is 5.92 Å². The smallest absolute Gasteiger partial charge is 0.169 e. The molecule has 1 atom stereocenters. The Morgan fingerprint density at radius 1 is 1.06 bits per heavy atom. The SMILES string of the molecule is CC(C)Cc1ccc(C(Br)c2ccc(Br)o2)cc1. The first kappa shape index (κ1) is 13.9. The van der Waals surface area contributed by atoms with E-state index in [0.717, 1.165) is 16.9 Å². The second-order valence-corrected chi connectivity index (χ2v) is 6.54. The maximum atomic E-state index is 5.56. The van der Waals surface area contributed by atoms with Gasteiger partial charge in [0, 0.05) is 0 Å². The number of alkyl halides is 1. The minimum atomic E-state index is 0.108. The first-order valence-corrected chi connectivity index (χ1v) is 7.75. The van der Waals surface area contributed by atoms with E-state index in [4.69, 9.17) is 4.42 Å². The molecule has 2 aromatic rings. The van der Waals surface area contributed by atoms with Gasteiger partial charge in [0.2, 0.25) is 0 Å². The van der Waals surface area contributed by atoms with Crippen LogP contribution in [0.1, 0.15) is 35.6 Å². The van der Waals surface area contributed by atoms with Gasteiger partial charge in [-0.2, -0.15) is 0 Å². The Kier molecular flexibility index (Phi) is 4.68. The van der Waals surface area contributed by atoms with Crippen molar-refractivity contribution in [3.8, 4) is 0 Å². The van der Waals surface area contributed by atoms with E-state index in [1.807, 2.05) is 12.1 Å². The summed E-state index contributed by atoms with van der Waals surface area (Å²) < 4.78 is 6.33. The fourth-order valence-electron chi connectivity index (χ4n) is 1.92. The van der Waals surface area contributed by atoms with Crippen LogP contribution in [0, 0.1) is 5.92 Å². The third-order valence-corrected chi connectivity index (χ3v) is 4.17. The molecule has 0 bridgehead atoms. The largest absolute Gasteiger partial charge is 0.453 e. The van der Waals surface area contributed by atoms with E-state index < -0.39 is 0 Å². The van der Waals surface area contributed by atoms with E-state index in [1.165, 1.54) is 11.1 Å². The van der Waals surface area contributed by atoms with Crippen molar-refractivity contribution in [3.63, 3.8) is 0 Å². The first-order chi connectivity index (χ1) is 8.56. The van der Waals surface area contributed by atoms with Gasteiger partial charge in [0.15, 0.2) is 4.67 Å². The third kappa shape index (κ3) is 3.48. The van der Waals surface area contributed by atoms with Gasteiger partial charge in [-0.05, 0) is 51.5 Å². The Bertz CT molecular complexity index is 499. The van der Waals surface area contributed by atoms with Crippen LogP contribution in [0.2, 0.25) is 0 Å². The summed E-state index contributed by atoms with van der Waals surface area (Å²) in [5.41, 5.74) is 2.60. The second kappa shape index (κ2) is 6.07. The number of hydrogen-bond acceptors (Lipinski definition) is 1. The van der Waals surface area contributed by atoms with Gasteiger partial charge >= 0.3 is 0 Å². The molecular formula is C15H16Br2O. The highest BCUT2D eigenvalue weighted by atomic mass is 79.9. The topological polar surface area (TPSA) is 13.1 Å². The normalized spacial score (nSPS) is 12.9. The lowest BCUT2D eigenvalue weighted by molar-refractivity contribution is 0.497. The fraction of sp³-hybridized carbons (Fsp3) is 0.333. The standard InChI is InChI=1S/C15H16Br2O/c1-10(2)9-11-3-5-12(6-4-11)15(17)13-7-8-14(16)18-13/h3-8,10,15H,9H2,1-2H3. The van der Waals surface area contributed by atoms with E-state index in [0.29, 0.717) is 5.92 Å². The lowest BCUT2D eigenvalue weighted by Crippen LogP contribution is -1.95. The minimum Gasteiger partial charge on any atom is -0.453 e. The molecule has 1 heterocycles. The summed E-state index contributed by atoms with van der Waals surface area (Å²) in [7, 11) is 0. The molecule has 0 saturated carbocycles. The predicted molar refractivity (Wildman–Crippen MR) is 82.2 cm³/mol. The Balaban J connectivity index is 2.14. The van der Waals surface area contributed by atoms with Crippen molar-refractivity contribution in [1.29, 1.82) is 0 Å². The molecule has 0 spiro atoms. The van der Waals surface area contributed by atoms with Gasteiger partial charge in [0.1, 0.15) is 5.76 Å². The molecule has 1 nitrogen and oxygen atoms in total. The average Bonchev–Trinajstić information content (AvgIpc) is 2.75. The molecule has 1 aromatic carbocycles. The van der Waals surface area contributed by atoms with Crippen LogP contribution in [-0.2, 0) is 6.42 Å². The summed E-state index contributed by atoms with van der Waals surface area (Å²) in [5, 5.41) is 0. The minimum absolute atomic E-state index is 0.108. The molecular weight excluding hydrogens is 356 g/mol. The average molecular weight is 372 g/mol. The van der Waals surface area contributed by atoms with Gasteiger partial charge in [-0.3, -0.25) is 0 Å². The van der Waals surface area contributed by atoms with Crippen LogP contribution in [-0.4, -0.2) is 0 Å². The van der Waals surface area contributed by atoms with Crippen LogP contribution in [0.4, 0.5) is 0 Å². The van der Waals surface area contributed by atoms with Gasteiger partial charge in [0.25, 0.3) is 0 Å². The van der Waals surface area contributed by atoms with Crippen molar-refractivity contribution in [2.45, 2.75) is 25.1 Å². The quantitative estimate of drug-likeness (QED) is 0.626. The summed E-state index contributed by atoms with van der Waals surface area (Å²) in [6.45, 7) is 4.48. The molecule has 18 heavy (non-hydrogen) atoms. The first-order valence-electron chi connectivity index (χ1n) is 6.04. The van der Waals surface area contributed by atoms with Crippen molar-refractivity contribution >= 4 is 31.9 Å². The molecule has 0 amide bonds. The van der Waals surface area contributed by atoms with E-state index in [1.54, 1.807) is 0 Å². The highest BCUT2D eigenvalue weighted by molar-refractivity contribution is 9.10. The molecule has 0 saturated heterocycles. The molecule has 0 aliphatic rings. The summed E-state index contributed by atoms with van der Waals surface area (Å²) in [6.07, 6.45) is 1.12. The van der Waals surface area contributed by atoms with Crippen molar-refractivity contribution in [1.82, 2.24) is 0 Å². The van der Waals surface area contributed by atoms with Crippen molar-refractivity contribution < 1.29 is 4.42 Å². The molecule has 1 unspecified atom stereocenters. The molecule has 0 radical (unpaired) electrons. The van der Waals surface area contributed by atoms with Crippen molar-refractivity contribution in [3.05, 3.63) is 58.0 Å². The summed E-state index contributed by atoms with van der Waals surface area (Å²) in [4.78, 5) is 0.108. The zero-order valence-corrected chi connectivity index (χ0v) is 13.7. The van der Waals surface area contributed by atoms with Crippen molar-refractivity contribution in [2.75, 3.05) is 0 Å². The molecule has 0 N–H and O–H groups in total. The van der Waals surface area contributed by atoms with Gasteiger partial charge in [0.05, 0.1) is 4.83 Å². The van der Waals surface area contributed by atoms with Crippen LogP contribution < -0.4 is 0 Å². The zero-order valence-electron chi connectivity index (χ0n) is 10.5. The highest BCUT2D eigenvalue weighted by Crippen LogP contribution is 2.33. The number of rotatable bonds is 4. The van der Waals surface area contributed by atoms with Gasteiger partial charge in [-0.15, -0.1) is 0 Å². The summed E-state index contributed by atoms with van der Waals surface area (Å²) in [6, 6.07) is 12.6. The Morgan fingerprint density at radius 2 is 1.72 bits per heavy atom. The second-order valence-electron chi connectivity index (χ2n) is 4.84. The molecule has 0 fully saturated rings. The maximum absolute atomic E-state index is 5.56. The van der Waals surface area contributed by atoms with E-state index in [2.05, 4.69) is 70.0 Å². The van der Waals surface area contributed by atoms with Gasteiger partial charge in [-0.1, -0.05) is 54.0 Å². The third-order valence-electron chi connectivity index (χ3n) is 2.76. The number of furan rings is 1. The van der Waals surface area contributed by atoms with Crippen LogP contribution >= 0.6 is 31.9 Å². The predicted octanol–water partition coefficient (Wildman–Crippen LogP) is 5.72. The zero-order chi connectivity index (χ0) is 13.1. The maximum Gasteiger partial charge on any atom is 0.169 e. The molecule has 96 valence electrons. The monoisotopic (exact) mass is 370 g/mol. The number of benzene rings is 1. The summed E-state index contributed by atoms with van der Waals surface area (Å²) in [5.74, 6) is 1.61. The lowest BCUT2D eigenvalue weighted by atomic mass is 10.0. The van der Waals surface area contributed by atoms with E-state index in [-0.39, 0.29) is 4.83 Å². The molecule has 1 aromatic heterocycles. The summed E-state index contributed by atoms with van der Waals surface area (Å²) >= 11 is 6.99.